The van der Waals surface area contributed by atoms with E-state index in [-0.39, 0.29) is 18.1 Å². The molecule has 0 radical (unpaired) electrons. The van der Waals surface area contributed by atoms with Crippen molar-refractivity contribution in [3.8, 4) is 23.0 Å². The molecule has 1 amide bonds. The van der Waals surface area contributed by atoms with Crippen LogP contribution in [0.15, 0.2) is 60.7 Å². The van der Waals surface area contributed by atoms with Crippen LogP contribution in [-0.2, 0) is 19.1 Å². The van der Waals surface area contributed by atoms with Crippen molar-refractivity contribution in [3.05, 3.63) is 71.8 Å². The Labute approximate surface area is 254 Å². The topological polar surface area (TPSA) is 174 Å². The highest BCUT2D eigenvalue weighted by atomic mass is 16.8. The molecule has 45 heavy (non-hydrogen) atoms. The van der Waals surface area contributed by atoms with E-state index in [1.54, 1.807) is 30.3 Å². The molecule has 0 unspecified atom stereocenters. The van der Waals surface area contributed by atoms with Crippen LogP contribution >= 0.6 is 0 Å². The van der Waals surface area contributed by atoms with Crippen LogP contribution in [0.1, 0.15) is 15.9 Å². The minimum atomic E-state index is -1.78. The lowest BCUT2D eigenvalue weighted by Crippen LogP contribution is -2.60. The molecule has 7 rings (SSSR count). The van der Waals surface area contributed by atoms with E-state index < -0.39 is 49.2 Å². The number of aliphatic hydroxyl groups excluding tert-OH is 3. The molecule has 4 N–H and O–H groups in total. The predicted molar refractivity (Wildman–Crippen MR) is 157 cm³/mol. The standard InChI is InChI=1S/C32H27NO12/c1-40-21-4-2-3-17-18(21)11-20-25-19(12-22-30(26(17)25)43-14-42-22)31(39)33(20)45-32-29(38)28(37)27(36)23(44-32)13-41-24(35)10-7-15-5-8-16(34)9-6-15/h2-12,23,27-29,32,34,36-38H,13-14H2,1H3/b10-7+/t23-,27-,28+,29-,32+/m1/s1. The molecule has 0 aliphatic carbocycles. The van der Waals surface area contributed by atoms with Gasteiger partial charge in [-0.15, -0.1) is 0 Å². The Morgan fingerprint density at radius 3 is 2.58 bits per heavy atom. The monoisotopic (exact) mass is 617 g/mol. The van der Waals surface area contributed by atoms with Crippen molar-refractivity contribution in [2.24, 2.45) is 0 Å². The third-order valence-corrected chi connectivity index (χ3v) is 7.96. The Bertz CT molecular complexity index is 1860. The number of fused-ring (bicyclic) bond motifs is 4. The van der Waals surface area contributed by atoms with Crippen LogP contribution in [0.5, 0.6) is 23.0 Å². The Kier molecular flexibility index (Phi) is 7.19. The van der Waals surface area contributed by atoms with E-state index in [4.69, 9.17) is 28.5 Å². The first-order valence-corrected chi connectivity index (χ1v) is 14.0. The number of carbonyl (C=O) groups excluding carboxylic acids is 2. The quantitative estimate of drug-likeness (QED) is 0.136. The van der Waals surface area contributed by atoms with E-state index in [2.05, 4.69) is 0 Å². The lowest BCUT2D eigenvalue weighted by Gasteiger charge is -2.40. The van der Waals surface area contributed by atoms with Crippen LogP contribution in [0.4, 0.5) is 5.69 Å². The number of hydrogen-bond acceptors (Lipinski definition) is 12. The van der Waals surface area contributed by atoms with E-state index in [0.29, 0.717) is 44.7 Å². The van der Waals surface area contributed by atoms with Gasteiger partial charge >= 0.3 is 5.97 Å². The second kappa shape index (κ2) is 11.2. The number of ether oxygens (including phenoxy) is 5. The molecule has 0 aromatic heterocycles. The van der Waals surface area contributed by atoms with Gasteiger partial charge in [0, 0.05) is 22.2 Å². The first-order valence-electron chi connectivity index (χ1n) is 14.0. The van der Waals surface area contributed by atoms with Gasteiger partial charge in [-0.1, -0.05) is 24.3 Å². The number of benzene rings is 4. The summed E-state index contributed by atoms with van der Waals surface area (Å²) < 4.78 is 27.9. The predicted octanol–water partition coefficient (Wildman–Crippen LogP) is 2.39. The largest absolute Gasteiger partial charge is 0.508 e. The molecule has 13 nitrogen and oxygen atoms in total. The molecule has 3 aliphatic rings. The second-order valence-corrected chi connectivity index (χ2v) is 10.6. The second-order valence-electron chi connectivity index (χ2n) is 10.6. The first-order chi connectivity index (χ1) is 21.7. The maximum Gasteiger partial charge on any atom is 0.330 e. The number of rotatable bonds is 7. The Morgan fingerprint density at radius 2 is 1.80 bits per heavy atom. The van der Waals surface area contributed by atoms with Crippen LogP contribution < -0.4 is 19.3 Å². The average Bonchev–Trinajstić information content (AvgIpc) is 3.63. The van der Waals surface area contributed by atoms with Crippen molar-refractivity contribution in [2.75, 3.05) is 25.6 Å². The zero-order valence-electron chi connectivity index (χ0n) is 23.7. The number of anilines is 1. The van der Waals surface area contributed by atoms with E-state index in [9.17, 15) is 30.0 Å². The fourth-order valence-corrected chi connectivity index (χ4v) is 5.72. The number of carbonyl (C=O) groups is 2. The number of aliphatic hydroxyl groups is 3. The summed E-state index contributed by atoms with van der Waals surface area (Å²) in [6, 6.07) is 14.8. The lowest BCUT2D eigenvalue weighted by atomic mass is 9.97. The summed E-state index contributed by atoms with van der Waals surface area (Å²) in [7, 11) is 1.52. The Morgan fingerprint density at radius 1 is 1.00 bits per heavy atom. The van der Waals surface area contributed by atoms with Gasteiger partial charge in [0.1, 0.15) is 42.5 Å². The SMILES string of the molecule is COc1cccc2c1cc1c3c(cc4c(c32)OCO4)C(=O)N1O[C@@H]1O[C@H](COC(=O)/C=C/c2ccc(O)cc2)[C@@H](O)[C@H](O)[C@H]1O. The summed E-state index contributed by atoms with van der Waals surface area (Å²) in [6.07, 6.45) is -5.55. The van der Waals surface area contributed by atoms with Crippen LogP contribution in [-0.4, -0.2) is 83.5 Å². The fraction of sp³-hybridized carbons (Fsp3) is 0.250. The Balaban J connectivity index is 1.16. The molecule has 0 spiro atoms. The van der Waals surface area contributed by atoms with Crippen molar-refractivity contribution in [2.45, 2.75) is 30.7 Å². The number of amides is 1. The minimum Gasteiger partial charge on any atom is -0.508 e. The van der Waals surface area contributed by atoms with Gasteiger partial charge in [-0.2, -0.15) is 5.06 Å². The summed E-state index contributed by atoms with van der Waals surface area (Å²) in [6.45, 7) is -0.518. The van der Waals surface area contributed by atoms with Gasteiger partial charge in [-0.25, -0.2) is 9.63 Å². The van der Waals surface area contributed by atoms with E-state index in [1.165, 1.54) is 25.3 Å². The van der Waals surface area contributed by atoms with Gasteiger partial charge in [0.15, 0.2) is 11.5 Å². The molecule has 4 aromatic rings. The zero-order chi connectivity index (χ0) is 31.4. The first kappa shape index (κ1) is 28.8. The highest BCUT2D eigenvalue weighted by Crippen LogP contribution is 2.52. The maximum atomic E-state index is 13.8. The lowest BCUT2D eigenvalue weighted by molar-refractivity contribution is -0.301. The molecule has 4 aromatic carbocycles. The molecule has 1 saturated heterocycles. The summed E-state index contributed by atoms with van der Waals surface area (Å²) in [4.78, 5) is 32.0. The number of methoxy groups -OCH3 is 1. The molecular weight excluding hydrogens is 590 g/mol. The van der Waals surface area contributed by atoms with Gasteiger partial charge in [0.2, 0.25) is 13.1 Å². The van der Waals surface area contributed by atoms with Crippen LogP contribution in [0.2, 0.25) is 0 Å². The number of hydrogen-bond donors (Lipinski definition) is 4. The summed E-state index contributed by atoms with van der Waals surface area (Å²) >= 11 is 0. The van der Waals surface area contributed by atoms with Crippen molar-refractivity contribution in [3.63, 3.8) is 0 Å². The van der Waals surface area contributed by atoms with Crippen LogP contribution in [0.25, 0.3) is 27.6 Å². The number of esters is 1. The maximum absolute atomic E-state index is 13.8. The van der Waals surface area contributed by atoms with Crippen molar-refractivity contribution < 1.29 is 58.5 Å². The summed E-state index contributed by atoms with van der Waals surface area (Å²) in [5.41, 5.74) is 1.19. The normalized spacial score (nSPS) is 23.8. The zero-order valence-corrected chi connectivity index (χ0v) is 23.7. The van der Waals surface area contributed by atoms with E-state index >= 15 is 0 Å². The third kappa shape index (κ3) is 4.87. The van der Waals surface area contributed by atoms with Crippen molar-refractivity contribution in [1.29, 1.82) is 0 Å². The number of phenolic OH excluding ortho intramolecular Hbond substituents is 1. The molecule has 13 heteroatoms. The highest BCUT2D eigenvalue weighted by molar-refractivity contribution is 6.31. The molecule has 3 heterocycles. The van der Waals surface area contributed by atoms with Crippen molar-refractivity contribution >= 4 is 45.2 Å². The number of phenols is 1. The smallest absolute Gasteiger partial charge is 0.330 e. The number of hydroxylamine groups is 1. The van der Waals surface area contributed by atoms with Gasteiger partial charge in [-0.05, 0) is 47.4 Å². The van der Waals surface area contributed by atoms with Crippen LogP contribution in [0.3, 0.4) is 0 Å². The highest BCUT2D eigenvalue weighted by Gasteiger charge is 2.47. The number of aromatic hydroxyl groups is 1. The fourth-order valence-electron chi connectivity index (χ4n) is 5.72. The molecule has 232 valence electrons. The molecule has 0 saturated carbocycles. The van der Waals surface area contributed by atoms with Crippen LogP contribution in [0, 0.1) is 0 Å². The van der Waals surface area contributed by atoms with Gasteiger partial charge in [0.05, 0.1) is 18.4 Å². The molecular formula is C32H27NO12. The molecule has 3 aliphatic heterocycles. The van der Waals surface area contributed by atoms with Gasteiger partial charge in [-0.3, -0.25) is 4.79 Å². The summed E-state index contributed by atoms with van der Waals surface area (Å²) in [5, 5.41) is 44.8. The van der Waals surface area contributed by atoms with Gasteiger partial charge in [0.25, 0.3) is 5.91 Å². The van der Waals surface area contributed by atoms with Crippen molar-refractivity contribution in [1.82, 2.24) is 0 Å². The average molecular weight is 618 g/mol. The van der Waals surface area contributed by atoms with E-state index in [1.807, 2.05) is 12.1 Å². The summed E-state index contributed by atoms with van der Waals surface area (Å²) in [5.74, 6) is 0.0668. The van der Waals surface area contributed by atoms with Gasteiger partial charge < -0.3 is 44.1 Å². The third-order valence-electron chi connectivity index (χ3n) is 7.96. The molecule has 5 atom stereocenters. The molecule has 1 fully saturated rings. The number of nitrogens with zero attached hydrogens (tertiary/aromatic N) is 1. The minimum absolute atomic E-state index is 0.0150. The molecule has 0 bridgehead atoms. The van der Waals surface area contributed by atoms with E-state index in [0.717, 1.165) is 16.5 Å². The Hall–Kier alpha value is -4.92.